The third-order valence-corrected chi connectivity index (χ3v) is 6.66. The standard InChI is InChI=1S/C28H28N4O3/c1-31(22-5-7-23(8-6-22)32-15-14-30-19-32)24-9-10-25-20(12-16-35-27(25)17-24)3-4-21-18-29-13-11-26(21)28(33)34-2/h5-11,13-15,17-20H,3-4,12,16H2,1-2H3/t20-/m1/s1. The average molecular weight is 469 g/mol. The summed E-state index contributed by atoms with van der Waals surface area (Å²) >= 11 is 0. The summed E-state index contributed by atoms with van der Waals surface area (Å²) < 4.78 is 13.0. The molecule has 1 aliphatic heterocycles. The number of hydrogen-bond donors (Lipinski definition) is 0. The van der Waals surface area contributed by atoms with E-state index in [-0.39, 0.29) is 5.97 Å². The van der Waals surface area contributed by atoms with Crippen LogP contribution < -0.4 is 9.64 Å². The van der Waals surface area contributed by atoms with Gasteiger partial charge in [0, 0.05) is 55.0 Å². The monoisotopic (exact) mass is 468 g/mol. The lowest BCUT2D eigenvalue weighted by Crippen LogP contribution is -2.17. The number of anilines is 2. The number of esters is 1. The van der Waals surface area contributed by atoms with Gasteiger partial charge in [0.05, 0.1) is 25.6 Å². The van der Waals surface area contributed by atoms with Gasteiger partial charge in [0.1, 0.15) is 5.75 Å². The maximum absolute atomic E-state index is 12.1. The zero-order valence-corrected chi connectivity index (χ0v) is 19.9. The molecule has 0 amide bonds. The van der Waals surface area contributed by atoms with Gasteiger partial charge in [-0.05, 0) is 72.7 Å². The summed E-state index contributed by atoms with van der Waals surface area (Å²) in [6.45, 7) is 0.682. The number of methoxy groups -OCH3 is 1. The number of benzene rings is 2. The molecule has 0 saturated carbocycles. The Labute approximate surface area is 205 Å². The van der Waals surface area contributed by atoms with Crippen molar-refractivity contribution >= 4 is 17.3 Å². The van der Waals surface area contributed by atoms with Gasteiger partial charge < -0.3 is 18.9 Å². The van der Waals surface area contributed by atoms with Gasteiger partial charge in [-0.1, -0.05) is 6.07 Å². The lowest BCUT2D eigenvalue weighted by Gasteiger charge is -2.28. The minimum absolute atomic E-state index is 0.319. The molecule has 0 radical (unpaired) electrons. The second kappa shape index (κ2) is 10.0. The third kappa shape index (κ3) is 4.75. The van der Waals surface area contributed by atoms with Crippen molar-refractivity contribution in [1.82, 2.24) is 14.5 Å². The van der Waals surface area contributed by atoms with Gasteiger partial charge in [0.2, 0.25) is 0 Å². The molecule has 7 nitrogen and oxygen atoms in total. The predicted octanol–water partition coefficient (Wildman–Crippen LogP) is 5.32. The number of ether oxygens (including phenoxy) is 2. The van der Waals surface area contributed by atoms with Gasteiger partial charge in [-0.25, -0.2) is 9.78 Å². The summed E-state index contributed by atoms with van der Waals surface area (Å²) in [6.07, 6.45) is 11.5. The molecule has 5 rings (SSSR count). The van der Waals surface area contributed by atoms with Crippen molar-refractivity contribution in [3.63, 3.8) is 0 Å². The number of nitrogens with zero attached hydrogens (tertiary/aromatic N) is 4. The molecule has 0 bridgehead atoms. The Bertz CT molecular complexity index is 1300. The fourth-order valence-corrected chi connectivity index (χ4v) is 4.63. The number of imidazole rings is 1. The number of aromatic nitrogens is 3. The van der Waals surface area contributed by atoms with E-state index in [9.17, 15) is 4.79 Å². The average Bonchev–Trinajstić information content (AvgIpc) is 3.46. The van der Waals surface area contributed by atoms with Crippen LogP contribution in [0, 0.1) is 0 Å². The third-order valence-electron chi connectivity index (χ3n) is 6.66. The number of rotatable bonds is 7. The predicted molar refractivity (Wildman–Crippen MR) is 135 cm³/mol. The largest absolute Gasteiger partial charge is 0.493 e. The Balaban J connectivity index is 1.31. The van der Waals surface area contributed by atoms with Crippen LogP contribution in [0.1, 0.15) is 40.2 Å². The van der Waals surface area contributed by atoms with Gasteiger partial charge in [-0.3, -0.25) is 4.98 Å². The number of aryl methyl sites for hydroxylation is 1. The Morgan fingerprint density at radius 3 is 2.71 bits per heavy atom. The molecule has 0 aliphatic carbocycles. The number of carbonyl (C=O) groups is 1. The van der Waals surface area contributed by atoms with E-state index in [1.165, 1.54) is 12.7 Å². The van der Waals surface area contributed by atoms with Crippen LogP contribution in [0.4, 0.5) is 11.4 Å². The minimum atomic E-state index is -0.319. The van der Waals surface area contributed by atoms with Crippen molar-refractivity contribution < 1.29 is 14.3 Å². The Kier molecular flexibility index (Phi) is 6.48. The summed E-state index contributed by atoms with van der Waals surface area (Å²) in [6, 6.07) is 16.5. The van der Waals surface area contributed by atoms with Crippen molar-refractivity contribution in [3.8, 4) is 11.4 Å². The van der Waals surface area contributed by atoms with Crippen LogP contribution in [-0.2, 0) is 11.2 Å². The van der Waals surface area contributed by atoms with E-state index in [0.29, 0.717) is 18.1 Å². The fraction of sp³-hybridized carbons (Fsp3) is 0.250. The van der Waals surface area contributed by atoms with Crippen LogP contribution in [0.5, 0.6) is 5.75 Å². The number of hydrogen-bond acceptors (Lipinski definition) is 6. The molecule has 35 heavy (non-hydrogen) atoms. The molecule has 2 aromatic carbocycles. The van der Waals surface area contributed by atoms with Crippen molar-refractivity contribution in [1.29, 1.82) is 0 Å². The van der Waals surface area contributed by atoms with Crippen LogP contribution in [0.3, 0.4) is 0 Å². The zero-order chi connectivity index (χ0) is 24.2. The summed E-state index contributed by atoms with van der Waals surface area (Å²) in [5, 5.41) is 0. The fourth-order valence-electron chi connectivity index (χ4n) is 4.63. The quantitative estimate of drug-likeness (QED) is 0.342. The van der Waals surface area contributed by atoms with Crippen LogP contribution in [0.15, 0.2) is 79.6 Å². The highest BCUT2D eigenvalue weighted by Crippen LogP contribution is 2.39. The number of carbonyl (C=O) groups excluding carboxylic acids is 1. The van der Waals surface area contributed by atoms with Crippen LogP contribution in [0.2, 0.25) is 0 Å². The topological polar surface area (TPSA) is 69.5 Å². The van der Waals surface area contributed by atoms with Gasteiger partial charge in [0.15, 0.2) is 0 Å². The highest BCUT2D eigenvalue weighted by atomic mass is 16.5. The maximum Gasteiger partial charge on any atom is 0.338 e. The first-order valence-electron chi connectivity index (χ1n) is 11.7. The van der Waals surface area contributed by atoms with E-state index in [1.54, 1.807) is 31.0 Å². The molecule has 7 heteroatoms. The van der Waals surface area contributed by atoms with E-state index in [4.69, 9.17) is 9.47 Å². The van der Waals surface area contributed by atoms with Gasteiger partial charge in [-0.15, -0.1) is 0 Å². The van der Waals surface area contributed by atoms with Crippen LogP contribution >= 0.6 is 0 Å². The zero-order valence-electron chi connectivity index (χ0n) is 19.9. The maximum atomic E-state index is 12.1. The van der Waals surface area contributed by atoms with E-state index < -0.39 is 0 Å². The first-order chi connectivity index (χ1) is 17.1. The molecule has 4 aromatic rings. The molecular formula is C28H28N4O3. The summed E-state index contributed by atoms with van der Waals surface area (Å²) in [4.78, 5) is 22.6. The SMILES string of the molecule is COC(=O)c1ccncc1CC[C@@H]1CCOc2cc(N(C)c3ccc(-n4ccnc4)cc3)ccc21. The van der Waals surface area contributed by atoms with Crippen molar-refractivity contribution in [3.05, 3.63) is 96.3 Å². The molecule has 178 valence electrons. The number of fused-ring (bicyclic) bond motifs is 1. The van der Waals surface area contributed by atoms with Crippen LogP contribution in [0.25, 0.3) is 5.69 Å². The highest BCUT2D eigenvalue weighted by molar-refractivity contribution is 5.90. The molecule has 0 spiro atoms. The normalized spacial score (nSPS) is 14.6. The van der Waals surface area contributed by atoms with Gasteiger partial charge >= 0.3 is 5.97 Å². The van der Waals surface area contributed by atoms with Crippen molar-refractivity contribution in [2.45, 2.75) is 25.2 Å². The second-order valence-corrected chi connectivity index (χ2v) is 8.66. The van der Waals surface area contributed by atoms with Crippen molar-refractivity contribution in [2.24, 2.45) is 0 Å². The van der Waals surface area contributed by atoms with E-state index in [0.717, 1.165) is 47.6 Å². The Morgan fingerprint density at radius 2 is 1.94 bits per heavy atom. The van der Waals surface area contributed by atoms with E-state index >= 15 is 0 Å². The van der Waals surface area contributed by atoms with Gasteiger partial charge in [-0.2, -0.15) is 0 Å². The smallest absolute Gasteiger partial charge is 0.338 e. The lowest BCUT2D eigenvalue weighted by atomic mass is 9.87. The van der Waals surface area contributed by atoms with E-state index in [2.05, 4.69) is 64.4 Å². The molecule has 1 aliphatic rings. The molecule has 1 atom stereocenters. The Hall–Kier alpha value is -4.13. The molecular weight excluding hydrogens is 440 g/mol. The lowest BCUT2D eigenvalue weighted by molar-refractivity contribution is 0.0599. The second-order valence-electron chi connectivity index (χ2n) is 8.66. The number of pyridine rings is 1. The molecule has 2 aromatic heterocycles. The molecule has 0 fully saturated rings. The van der Waals surface area contributed by atoms with E-state index in [1.807, 2.05) is 10.8 Å². The van der Waals surface area contributed by atoms with Crippen molar-refractivity contribution in [2.75, 3.05) is 25.7 Å². The summed E-state index contributed by atoms with van der Waals surface area (Å²) in [5.41, 5.74) is 5.95. The molecule has 0 saturated heterocycles. The molecule has 0 N–H and O–H groups in total. The van der Waals surface area contributed by atoms with Crippen LogP contribution in [-0.4, -0.2) is 41.3 Å². The summed E-state index contributed by atoms with van der Waals surface area (Å²) in [7, 11) is 3.47. The summed E-state index contributed by atoms with van der Waals surface area (Å²) in [5.74, 6) is 0.971. The molecule has 0 unspecified atom stereocenters. The Morgan fingerprint density at radius 1 is 1.11 bits per heavy atom. The minimum Gasteiger partial charge on any atom is -0.493 e. The first-order valence-corrected chi connectivity index (χ1v) is 11.7. The van der Waals surface area contributed by atoms with Gasteiger partial charge in [0.25, 0.3) is 0 Å². The first kappa shape index (κ1) is 22.7. The molecule has 3 heterocycles. The highest BCUT2D eigenvalue weighted by Gasteiger charge is 2.23.